The van der Waals surface area contributed by atoms with Gasteiger partial charge in [-0.3, -0.25) is 4.79 Å². The van der Waals surface area contributed by atoms with Crippen molar-refractivity contribution >= 4 is 5.78 Å². The Morgan fingerprint density at radius 1 is 1.35 bits per heavy atom. The van der Waals surface area contributed by atoms with Gasteiger partial charge in [-0.1, -0.05) is 12.1 Å². The van der Waals surface area contributed by atoms with E-state index in [1.165, 1.54) is 24.0 Å². The zero-order chi connectivity index (χ0) is 13.8. The first-order chi connectivity index (χ1) is 9.83. The minimum absolute atomic E-state index is 0.274. The Labute approximate surface area is 120 Å². The number of rotatable bonds is 5. The minimum atomic E-state index is 0.274. The Hall–Kier alpha value is -1.19. The van der Waals surface area contributed by atoms with Crippen molar-refractivity contribution in [1.29, 1.82) is 0 Å². The molecule has 0 aromatic heterocycles. The third kappa shape index (κ3) is 3.28. The van der Waals surface area contributed by atoms with E-state index in [0.717, 1.165) is 44.5 Å². The summed E-state index contributed by atoms with van der Waals surface area (Å²) in [4.78, 5) is 12.2. The summed E-state index contributed by atoms with van der Waals surface area (Å²) in [7, 11) is 0. The molecule has 1 aromatic rings. The van der Waals surface area contributed by atoms with Gasteiger partial charge < -0.3 is 10.1 Å². The van der Waals surface area contributed by atoms with Gasteiger partial charge in [0, 0.05) is 25.1 Å². The normalized spacial score (nSPS) is 21.7. The SMILES string of the molecule is O=C(CCCC1CCCO1)c1ccc2c(c1)CNCC2. The molecule has 1 unspecified atom stereocenters. The number of hydrogen-bond donors (Lipinski definition) is 1. The van der Waals surface area contributed by atoms with E-state index in [1.807, 2.05) is 6.07 Å². The number of Topliss-reactive ketones (excluding diaryl/α,β-unsaturated/α-hetero) is 1. The molecule has 0 aliphatic carbocycles. The fraction of sp³-hybridized carbons (Fsp3) is 0.588. The van der Waals surface area contributed by atoms with Crippen LogP contribution >= 0.6 is 0 Å². The van der Waals surface area contributed by atoms with Crippen LogP contribution in [0.1, 0.15) is 53.6 Å². The predicted molar refractivity (Wildman–Crippen MR) is 79.0 cm³/mol. The summed E-state index contributed by atoms with van der Waals surface area (Å²) in [6, 6.07) is 6.21. The van der Waals surface area contributed by atoms with Gasteiger partial charge in [0.25, 0.3) is 0 Å². The van der Waals surface area contributed by atoms with Gasteiger partial charge in [-0.25, -0.2) is 0 Å². The summed E-state index contributed by atoms with van der Waals surface area (Å²) in [5, 5.41) is 3.36. The van der Waals surface area contributed by atoms with Gasteiger partial charge in [0.15, 0.2) is 5.78 Å². The third-order valence-electron chi connectivity index (χ3n) is 4.37. The highest BCUT2D eigenvalue weighted by Crippen LogP contribution is 2.20. The largest absolute Gasteiger partial charge is 0.378 e. The Bertz CT molecular complexity index is 478. The molecule has 1 N–H and O–H groups in total. The number of hydrogen-bond acceptors (Lipinski definition) is 3. The van der Waals surface area contributed by atoms with E-state index in [9.17, 15) is 4.79 Å². The molecule has 2 aliphatic heterocycles. The number of nitrogens with one attached hydrogen (secondary N) is 1. The summed E-state index contributed by atoms with van der Waals surface area (Å²) in [5.74, 6) is 0.274. The van der Waals surface area contributed by atoms with Crippen LogP contribution in [0.2, 0.25) is 0 Å². The van der Waals surface area contributed by atoms with Crippen molar-refractivity contribution in [3.05, 3.63) is 34.9 Å². The monoisotopic (exact) mass is 273 g/mol. The third-order valence-corrected chi connectivity index (χ3v) is 4.37. The van der Waals surface area contributed by atoms with Gasteiger partial charge in [-0.2, -0.15) is 0 Å². The minimum Gasteiger partial charge on any atom is -0.378 e. The average molecular weight is 273 g/mol. The lowest BCUT2D eigenvalue weighted by Crippen LogP contribution is -2.23. The van der Waals surface area contributed by atoms with Gasteiger partial charge >= 0.3 is 0 Å². The van der Waals surface area contributed by atoms with Crippen LogP contribution < -0.4 is 5.32 Å². The molecule has 108 valence electrons. The molecule has 0 amide bonds. The van der Waals surface area contributed by atoms with Crippen LogP contribution in [0.4, 0.5) is 0 Å². The molecule has 20 heavy (non-hydrogen) atoms. The van der Waals surface area contributed by atoms with Gasteiger partial charge in [0.1, 0.15) is 0 Å². The van der Waals surface area contributed by atoms with Crippen LogP contribution in [0, 0.1) is 0 Å². The lowest BCUT2D eigenvalue weighted by atomic mass is 9.95. The van der Waals surface area contributed by atoms with Gasteiger partial charge in [0.2, 0.25) is 0 Å². The Morgan fingerprint density at radius 3 is 3.15 bits per heavy atom. The number of ether oxygens (including phenoxy) is 1. The second-order valence-electron chi connectivity index (χ2n) is 5.86. The van der Waals surface area contributed by atoms with Crippen LogP contribution in [0.25, 0.3) is 0 Å². The molecule has 2 aliphatic rings. The summed E-state index contributed by atoms with van der Waals surface area (Å²) < 4.78 is 5.60. The summed E-state index contributed by atoms with van der Waals surface area (Å²) in [6.07, 6.45) is 6.43. The van der Waals surface area contributed by atoms with Crippen LogP contribution in [0.3, 0.4) is 0 Å². The fourth-order valence-electron chi connectivity index (χ4n) is 3.16. The number of carbonyl (C=O) groups is 1. The standard InChI is InChI=1S/C17H23NO2/c19-17(5-1-3-16-4-2-10-20-16)14-7-6-13-8-9-18-12-15(13)11-14/h6-7,11,16,18H,1-5,8-10,12H2. The van der Waals surface area contributed by atoms with Crippen molar-refractivity contribution in [3.8, 4) is 0 Å². The Morgan fingerprint density at radius 2 is 2.30 bits per heavy atom. The molecular formula is C17H23NO2. The van der Waals surface area contributed by atoms with Crippen LogP contribution in [0.5, 0.6) is 0 Å². The first kappa shape index (κ1) is 13.8. The van der Waals surface area contributed by atoms with Gasteiger partial charge in [-0.05, 0) is 55.8 Å². The van der Waals surface area contributed by atoms with Crippen molar-refractivity contribution in [2.45, 2.75) is 51.2 Å². The first-order valence-electron chi connectivity index (χ1n) is 7.80. The van der Waals surface area contributed by atoms with Crippen molar-refractivity contribution in [1.82, 2.24) is 5.32 Å². The van der Waals surface area contributed by atoms with Crippen molar-refractivity contribution in [3.63, 3.8) is 0 Å². The second kappa shape index (κ2) is 6.51. The molecule has 1 atom stereocenters. The maximum Gasteiger partial charge on any atom is 0.162 e. The lowest BCUT2D eigenvalue weighted by molar-refractivity contribution is 0.0922. The predicted octanol–water partition coefficient (Wildman–Crippen LogP) is 2.86. The molecule has 1 saturated heterocycles. The number of benzene rings is 1. The highest BCUT2D eigenvalue weighted by molar-refractivity contribution is 5.96. The smallest absolute Gasteiger partial charge is 0.162 e. The molecule has 1 aromatic carbocycles. The number of ketones is 1. The molecular weight excluding hydrogens is 250 g/mol. The zero-order valence-electron chi connectivity index (χ0n) is 12.0. The highest BCUT2D eigenvalue weighted by atomic mass is 16.5. The molecule has 2 heterocycles. The van der Waals surface area contributed by atoms with Crippen LogP contribution in [0.15, 0.2) is 18.2 Å². The molecule has 0 bridgehead atoms. The van der Waals surface area contributed by atoms with Crippen LogP contribution in [-0.2, 0) is 17.7 Å². The van der Waals surface area contributed by atoms with Gasteiger partial charge in [0.05, 0.1) is 6.10 Å². The first-order valence-corrected chi connectivity index (χ1v) is 7.80. The lowest BCUT2D eigenvalue weighted by Gasteiger charge is -2.17. The second-order valence-corrected chi connectivity index (χ2v) is 5.86. The van der Waals surface area contributed by atoms with Crippen molar-refractivity contribution < 1.29 is 9.53 Å². The number of fused-ring (bicyclic) bond motifs is 1. The molecule has 3 rings (SSSR count). The Kier molecular flexibility index (Phi) is 4.48. The zero-order valence-corrected chi connectivity index (χ0v) is 12.0. The number of carbonyl (C=O) groups excluding carboxylic acids is 1. The molecule has 0 spiro atoms. The van der Waals surface area contributed by atoms with E-state index in [2.05, 4.69) is 17.4 Å². The van der Waals surface area contributed by atoms with E-state index < -0.39 is 0 Å². The van der Waals surface area contributed by atoms with Gasteiger partial charge in [-0.15, -0.1) is 0 Å². The summed E-state index contributed by atoms with van der Waals surface area (Å²) in [6.45, 7) is 2.84. The van der Waals surface area contributed by atoms with E-state index in [1.54, 1.807) is 0 Å². The van der Waals surface area contributed by atoms with Crippen LogP contribution in [-0.4, -0.2) is 25.0 Å². The molecule has 0 radical (unpaired) electrons. The average Bonchev–Trinajstić information content (AvgIpc) is 3.00. The van der Waals surface area contributed by atoms with Crippen molar-refractivity contribution in [2.75, 3.05) is 13.2 Å². The van der Waals surface area contributed by atoms with Crippen molar-refractivity contribution in [2.24, 2.45) is 0 Å². The van der Waals surface area contributed by atoms with E-state index in [-0.39, 0.29) is 5.78 Å². The molecule has 3 heteroatoms. The topological polar surface area (TPSA) is 38.3 Å². The fourth-order valence-corrected chi connectivity index (χ4v) is 3.16. The van der Waals surface area contributed by atoms with E-state index in [4.69, 9.17) is 4.74 Å². The summed E-state index contributed by atoms with van der Waals surface area (Å²) >= 11 is 0. The van der Waals surface area contributed by atoms with E-state index in [0.29, 0.717) is 12.5 Å². The maximum absolute atomic E-state index is 12.2. The van der Waals surface area contributed by atoms with E-state index >= 15 is 0 Å². The molecule has 1 fully saturated rings. The maximum atomic E-state index is 12.2. The highest BCUT2D eigenvalue weighted by Gasteiger charge is 2.16. The molecule has 3 nitrogen and oxygen atoms in total. The molecule has 0 saturated carbocycles. The quantitative estimate of drug-likeness (QED) is 0.838. The summed E-state index contributed by atoms with van der Waals surface area (Å²) in [5.41, 5.74) is 3.56. The Balaban J connectivity index is 1.53.